The van der Waals surface area contributed by atoms with Crippen molar-refractivity contribution < 1.29 is 0 Å². The van der Waals surface area contributed by atoms with Crippen molar-refractivity contribution in [3.05, 3.63) is 103 Å². The van der Waals surface area contributed by atoms with Crippen molar-refractivity contribution in [1.82, 2.24) is 14.5 Å². The molecular weight excluding hydrogens is 424 g/mol. The number of para-hydroxylation sites is 1. The van der Waals surface area contributed by atoms with Gasteiger partial charge in [-0.1, -0.05) is 78.9 Å². The van der Waals surface area contributed by atoms with E-state index in [0.717, 1.165) is 50.0 Å². The Hall–Kier alpha value is -4.09. The lowest BCUT2D eigenvalue weighted by atomic mass is 10.1. The van der Waals surface area contributed by atoms with Gasteiger partial charge in [-0.15, -0.1) is 11.3 Å². The maximum Gasteiger partial charge on any atom is 0.166 e. The van der Waals surface area contributed by atoms with Gasteiger partial charge in [-0.25, -0.2) is 15.0 Å². The lowest BCUT2D eigenvalue weighted by Crippen LogP contribution is -1.96. The monoisotopic (exact) mass is 444 g/mol. The number of aliphatic imine (C=N–C) groups is 1. The molecule has 3 aromatic carbocycles. The lowest BCUT2D eigenvalue weighted by molar-refractivity contribution is 1.14. The number of hydrogen-bond acceptors (Lipinski definition) is 4. The molecule has 0 N–H and O–H groups in total. The van der Waals surface area contributed by atoms with Crippen molar-refractivity contribution in [2.45, 2.75) is 6.42 Å². The Labute approximate surface area is 194 Å². The summed E-state index contributed by atoms with van der Waals surface area (Å²) in [7, 11) is 0. The van der Waals surface area contributed by atoms with Crippen molar-refractivity contribution >= 4 is 66.4 Å². The molecule has 0 aliphatic carbocycles. The first-order chi connectivity index (χ1) is 16.3. The van der Waals surface area contributed by atoms with E-state index in [-0.39, 0.29) is 0 Å². The molecule has 3 heterocycles. The van der Waals surface area contributed by atoms with Crippen molar-refractivity contribution in [1.29, 1.82) is 0 Å². The summed E-state index contributed by atoms with van der Waals surface area (Å²) in [5.41, 5.74) is 4.89. The number of allylic oxidation sites excluding steroid dienone is 3. The molecule has 0 saturated carbocycles. The summed E-state index contributed by atoms with van der Waals surface area (Å²) in [6.45, 7) is 3.85. The molecule has 6 rings (SSSR count). The zero-order valence-corrected chi connectivity index (χ0v) is 18.7. The first kappa shape index (κ1) is 19.6. The number of nitrogens with zero attached hydrogens (tertiary/aromatic N) is 4. The quantitative estimate of drug-likeness (QED) is 0.208. The van der Waals surface area contributed by atoms with E-state index in [1.165, 1.54) is 10.3 Å². The van der Waals surface area contributed by atoms with Crippen LogP contribution in [0.25, 0.3) is 48.3 Å². The summed E-state index contributed by atoms with van der Waals surface area (Å²) in [6, 6.07) is 27.0. The molecule has 0 amide bonds. The molecule has 0 atom stereocenters. The Morgan fingerprint density at radius 3 is 2.48 bits per heavy atom. The van der Waals surface area contributed by atoms with E-state index in [0.29, 0.717) is 0 Å². The number of hydrogen-bond donors (Lipinski definition) is 0. The number of rotatable bonds is 5. The van der Waals surface area contributed by atoms with Crippen molar-refractivity contribution in [2.24, 2.45) is 4.99 Å². The molecular formula is C28H20N4S. The van der Waals surface area contributed by atoms with Gasteiger partial charge in [0.1, 0.15) is 21.7 Å². The van der Waals surface area contributed by atoms with Crippen LogP contribution in [0.15, 0.2) is 102 Å². The summed E-state index contributed by atoms with van der Waals surface area (Å²) < 4.78 is 3.25. The van der Waals surface area contributed by atoms with Gasteiger partial charge in [-0.05, 0) is 36.9 Å². The summed E-state index contributed by atoms with van der Waals surface area (Å²) in [5, 5.41) is 2.19. The highest BCUT2D eigenvalue weighted by molar-refractivity contribution is 7.25. The molecule has 0 fully saturated rings. The van der Waals surface area contributed by atoms with Gasteiger partial charge in [0.2, 0.25) is 0 Å². The minimum Gasteiger partial charge on any atom is -0.277 e. The number of benzene rings is 3. The van der Waals surface area contributed by atoms with Crippen molar-refractivity contribution in [3.8, 4) is 0 Å². The molecule has 158 valence electrons. The average molecular weight is 445 g/mol. The van der Waals surface area contributed by atoms with E-state index in [1.54, 1.807) is 11.3 Å². The van der Waals surface area contributed by atoms with Gasteiger partial charge in [-0.2, -0.15) is 0 Å². The third kappa shape index (κ3) is 3.34. The molecule has 4 nitrogen and oxygen atoms in total. The highest BCUT2D eigenvalue weighted by Crippen LogP contribution is 2.36. The van der Waals surface area contributed by atoms with Crippen LogP contribution < -0.4 is 0 Å². The van der Waals surface area contributed by atoms with Gasteiger partial charge in [0.05, 0.1) is 5.52 Å². The smallest absolute Gasteiger partial charge is 0.166 e. The molecule has 0 spiro atoms. The minimum absolute atomic E-state index is 0.721. The van der Waals surface area contributed by atoms with Gasteiger partial charge in [-0.3, -0.25) is 4.57 Å². The van der Waals surface area contributed by atoms with Crippen molar-refractivity contribution in [2.75, 3.05) is 0 Å². The largest absolute Gasteiger partial charge is 0.277 e. The molecule has 0 aliphatic heterocycles. The second-order valence-corrected chi connectivity index (χ2v) is 8.83. The summed E-state index contributed by atoms with van der Waals surface area (Å²) >= 11 is 1.68. The Bertz CT molecular complexity index is 1700. The minimum atomic E-state index is 0.721. The molecule has 5 heteroatoms. The standard InChI is InChI=1S/C28H20N4S/c1-29-24(18-10-5-13-19-11-3-2-4-12-19)32-22-16-8-6-14-20(22)25-27(32)30-26-21-15-7-9-17-23(21)33-28(26)31-25/h2-12,14-18H,1,13H2/b10-5-,24-18+. The lowest BCUT2D eigenvalue weighted by Gasteiger charge is -2.06. The number of thiophene rings is 1. The molecule has 6 aromatic rings. The topological polar surface area (TPSA) is 43.1 Å². The fourth-order valence-corrected chi connectivity index (χ4v) is 5.25. The molecule has 0 unspecified atom stereocenters. The van der Waals surface area contributed by atoms with E-state index >= 15 is 0 Å². The van der Waals surface area contributed by atoms with Gasteiger partial charge < -0.3 is 0 Å². The fourth-order valence-electron chi connectivity index (χ4n) is 4.23. The van der Waals surface area contributed by atoms with E-state index in [1.807, 2.05) is 36.4 Å². The third-order valence-corrected chi connectivity index (χ3v) is 6.83. The van der Waals surface area contributed by atoms with Crippen LogP contribution in [0.2, 0.25) is 0 Å². The predicted octanol–water partition coefficient (Wildman–Crippen LogP) is 7.25. The highest BCUT2D eigenvalue weighted by atomic mass is 32.1. The summed E-state index contributed by atoms with van der Waals surface area (Å²) in [4.78, 5) is 15.5. The molecule has 33 heavy (non-hydrogen) atoms. The maximum atomic E-state index is 5.11. The molecule has 0 radical (unpaired) electrons. The second kappa shape index (κ2) is 8.11. The summed E-state index contributed by atoms with van der Waals surface area (Å²) in [5.74, 6) is 0.721. The molecule has 0 bridgehead atoms. The predicted molar refractivity (Wildman–Crippen MR) is 141 cm³/mol. The van der Waals surface area contributed by atoms with Crippen LogP contribution in [0.4, 0.5) is 0 Å². The molecule has 0 aliphatic rings. The van der Waals surface area contributed by atoms with Crippen LogP contribution >= 0.6 is 11.3 Å². The Morgan fingerprint density at radius 2 is 1.64 bits per heavy atom. The first-order valence-corrected chi connectivity index (χ1v) is 11.6. The van der Waals surface area contributed by atoms with Crippen LogP contribution in [0, 0.1) is 0 Å². The van der Waals surface area contributed by atoms with E-state index in [4.69, 9.17) is 9.97 Å². The molecule has 3 aromatic heterocycles. The Morgan fingerprint density at radius 1 is 0.879 bits per heavy atom. The third-order valence-electron chi connectivity index (χ3n) is 5.77. The SMILES string of the molecule is C=N/C(=C\C=C/Cc1ccccc1)n1c2ccccc2c2nc3sc4ccccc4c3nc21. The van der Waals surface area contributed by atoms with Crippen LogP contribution in [0.1, 0.15) is 5.56 Å². The van der Waals surface area contributed by atoms with Crippen LogP contribution in [-0.4, -0.2) is 21.3 Å². The summed E-state index contributed by atoms with van der Waals surface area (Å²) in [6.07, 6.45) is 7.00. The second-order valence-electron chi connectivity index (χ2n) is 7.80. The van der Waals surface area contributed by atoms with Crippen LogP contribution in [0.5, 0.6) is 0 Å². The van der Waals surface area contributed by atoms with Crippen LogP contribution in [-0.2, 0) is 6.42 Å². The zero-order valence-electron chi connectivity index (χ0n) is 17.8. The van der Waals surface area contributed by atoms with Crippen molar-refractivity contribution in [3.63, 3.8) is 0 Å². The zero-order chi connectivity index (χ0) is 22.2. The van der Waals surface area contributed by atoms with E-state index in [9.17, 15) is 0 Å². The number of fused-ring (bicyclic) bond motifs is 6. The normalized spacial score (nSPS) is 12.5. The Kier molecular flexibility index (Phi) is 4.82. The number of aromatic nitrogens is 3. The van der Waals surface area contributed by atoms with Gasteiger partial charge in [0, 0.05) is 15.5 Å². The average Bonchev–Trinajstić information content (AvgIpc) is 3.39. The molecule has 0 saturated heterocycles. The van der Waals surface area contributed by atoms with Gasteiger partial charge in [0.15, 0.2) is 5.65 Å². The van der Waals surface area contributed by atoms with Gasteiger partial charge in [0.25, 0.3) is 0 Å². The first-order valence-electron chi connectivity index (χ1n) is 10.8. The van der Waals surface area contributed by atoms with Gasteiger partial charge >= 0.3 is 0 Å². The van der Waals surface area contributed by atoms with E-state index in [2.05, 4.69) is 77.0 Å². The van der Waals surface area contributed by atoms with Crippen LogP contribution in [0.3, 0.4) is 0 Å². The maximum absolute atomic E-state index is 5.11. The Balaban J connectivity index is 1.54. The fraction of sp³-hybridized carbons (Fsp3) is 0.0357. The highest BCUT2D eigenvalue weighted by Gasteiger charge is 2.18. The van der Waals surface area contributed by atoms with E-state index < -0.39 is 0 Å².